The first-order chi connectivity index (χ1) is 18.4. The normalized spacial score (nSPS) is 17.6. The topological polar surface area (TPSA) is 103 Å². The molecule has 1 amide bonds. The summed E-state index contributed by atoms with van der Waals surface area (Å²) in [6.07, 6.45) is 5.60. The van der Waals surface area contributed by atoms with Crippen LogP contribution in [0.2, 0.25) is 0 Å². The van der Waals surface area contributed by atoms with Gasteiger partial charge < -0.3 is 15.0 Å². The van der Waals surface area contributed by atoms with Crippen molar-refractivity contribution in [2.75, 3.05) is 44.6 Å². The van der Waals surface area contributed by atoms with Gasteiger partial charge in [-0.2, -0.15) is 0 Å². The lowest BCUT2D eigenvalue weighted by Gasteiger charge is -2.31. The number of hydrogen-bond donors (Lipinski definition) is 2. The van der Waals surface area contributed by atoms with Gasteiger partial charge in [-0.15, -0.1) is 0 Å². The fraction of sp³-hybridized carbons (Fsp3) is 0.500. The molecular weight excluding hydrogens is 487 g/mol. The Labute approximate surface area is 221 Å². The second kappa shape index (κ2) is 11.9. The van der Waals surface area contributed by atoms with E-state index in [0.29, 0.717) is 49.8 Å². The van der Waals surface area contributed by atoms with Crippen LogP contribution in [-0.4, -0.2) is 70.0 Å². The molecule has 2 aliphatic heterocycles. The average molecular weight is 523 g/mol. The zero-order valence-corrected chi connectivity index (χ0v) is 21.8. The van der Waals surface area contributed by atoms with Crippen LogP contribution >= 0.6 is 0 Å². The third kappa shape index (κ3) is 6.48. The van der Waals surface area contributed by atoms with Crippen LogP contribution in [0.15, 0.2) is 41.3 Å². The molecule has 2 aromatic heterocycles. The molecule has 2 N–H and O–H groups in total. The molecule has 0 spiro atoms. The third-order valence-corrected chi connectivity index (χ3v) is 7.66. The van der Waals surface area contributed by atoms with Crippen molar-refractivity contribution in [1.29, 1.82) is 0 Å². The van der Waals surface area contributed by atoms with Crippen molar-refractivity contribution in [1.82, 2.24) is 24.8 Å². The Balaban J connectivity index is 1.16. The number of aromatic amines is 1. The number of aromatic nitrogens is 3. The number of hydrogen-bond acceptors (Lipinski definition) is 7. The summed E-state index contributed by atoms with van der Waals surface area (Å²) in [5.41, 5.74) is 0.835. The highest BCUT2D eigenvalue weighted by Crippen LogP contribution is 2.25. The summed E-state index contributed by atoms with van der Waals surface area (Å²) in [6, 6.07) is 8.86. The number of pyridine rings is 1. The Bertz CT molecular complexity index is 1300. The number of ether oxygens (including phenoxy) is 1. The average Bonchev–Trinajstić information content (AvgIpc) is 2.92. The smallest absolute Gasteiger partial charge is 0.263 e. The SMILES string of the molecule is CC(=O)N1CCC(COc2cc(F)c3c(=O)[nH]c(NCC4CCN(Cc5ccccn5)CC4)nc3c2)CC1. The van der Waals surface area contributed by atoms with Crippen LogP contribution in [0.5, 0.6) is 5.75 Å². The van der Waals surface area contributed by atoms with Gasteiger partial charge in [-0.3, -0.25) is 24.5 Å². The van der Waals surface area contributed by atoms with E-state index >= 15 is 0 Å². The first kappa shape index (κ1) is 26.1. The molecule has 0 unspecified atom stereocenters. The lowest BCUT2D eigenvalue weighted by molar-refractivity contribution is -0.130. The van der Waals surface area contributed by atoms with E-state index < -0.39 is 11.4 Å². The molecular formula is C28H35FN6O3. The fourth-order valence-electron chi connectivity index (χ4n) is 5.31. The Morgan fingerprint density at radius 3 is 2.61 bits per heavy atom. The maximum Gasteiger partial charge on any atom is 0.263 e. The Morgan fingerprint density at radius 2 is 1.89 bits per heavy atom. The Kier molecular flexibility index (Phi) is 8.17. The molecule has 4 heterocycles. The molecule has 9 nitrogen and oxygen atoms in total. The highest BCUT2D eigenvalue weighted by atomic mass is 19.1. The van der Waals surface area contributed by atoms with Crippen LogP contribution in [0.3, 0.4) is 0 Å². The summed E-state index contributed by atoms with van der Waals surface area (Å²) in [4.78, 5) is 40.0. The first-order valence-electron chi connectivity index (χ1n) is 13.4. The summed E-state index contributed by atoms with van der Waals surface area (Å²) in [6.45, 7) is 6.96. The molecule has 10 heteroatoms. The van der Waals surface area contributed by atoms with Gasteiger partial charge in [0.1, 0.15) is 17.0 Å². The van der Waals surface area contributed by atoms with Crippen molar-refractivity contribution in [3.05, 3.63) is 58.4 Å². The van der Waals surface area contributed by atoms with Gasteiger partial charge in [0, 0.05) is 51.4 Å². The highest BCUT2D eigenvalue weighted by Gasteiger charge is 2.22. The second-order valence-corrected chi connectivity index (χ2v) is 10.4. The van der Waals surface area contributed by atoms with Gasteiger partial charge in [-0.1, -0.05) is 6.07 Å². The van der Waals surface area contributed by atoms with E-state index in [1.165, 1.54) is 6.07 Å². The van der Waals surface area contributed by atoms with Crippen LogP contribution in [0.4, 0.5) is 10.3 Å². The van der Waals surface area contributed by atoms with E-state index in [-0.39, 0.29) is 16.8 Å². The van der Waals surface area contributed by atoms with Crippen molar-refractivity contribution in [2.24, 2.45) is 11.8 Å². The first-order valence-corrected chi connectivity index (χ1v) is 13.4. The zero-order valence-electron chi connectivity index (χ0n) is 21.8. The summed E-state index contributed by atoms with van der Waals surface area (Å²) in [5.74, 6) is 0.887. The summed E-state index contributed by atoms with van der Waals surface area (Å²) in [7, 11) is 0. The van der Waals surface area contributed by atoms with Gasteiger partial charge in [-0.25, -0.2) is 9.37 Å². The summed E-state index contributed by atoms with van der Waals surface area (Å²) >= 11 is 0. The predicted molar refractivity (Wildman–Crippen MR) is 144 cm³/mol. The Hall–Kier alpha value is -3.53. The van der Waals surface area contributed by atoms with E-state index in [2.05, 4.69) is 25.2 Å². The van der Waals surface area contributed by atoms with Crippen LogP contribution in [0, 0.1) is 17.7 Å². The molecule has 3 aromatic rings. The molecule has 0 saturated carbocycles. The van der Waals surface area contributed by atoms with Crippen LogP contribution in [-0.2, 0) is 11.3 Å². The molecule has 202 valence electrons. The number of nitrogens with one attached hydrogen (secondary N) is 2. The second-order valence-electron chi connectivity index (χ2n) is 10.4. The van der Waals surface area contributed by atoms with Gasteiger partial charge in [0.05, 0.1) is 17.8 Å². The number of halogens is 1. The van der Waals surface area contributed by atoms with E-state index in [9.17, 15) is 14.0 Å². The van der Waals surface area contributed by atoms with Crippen molar-refractivity contribution >= 4 is 22.8 Å². The molecule has 0 atom stereocenters. The largest absolute Gasteiger partial charge is 0.493 e. The quantitative estimate of drug-likeness (QED) is 0.467. The molecule has 38 heavy (non-hydrogen) atoms. The number of benzene rings is 1. The van der Waals surface area contributed by atoms with Gasteiger partial charge >= 0.3 is 0 Å². The van der Waals surface area contributed by atoms with Crippen LogP contribution in [0.25, 0.3) is 10.9 Å². The van der Waals surface area contributed by atoms with E-state index in [1.54, 1.807) is 13.0 Å². The van der Waals surface area contributed by atoms with Gasteiger partial charge in [-0.05, 0) is 62.7 Å². The number of nitrogens with zero attached hydrogens (tertiary/aromatic N) is 4. The standard InChI is InChI=1S/C28H35FN6O3/c1-19(36)35-12-7-21(8-13-35)18-38-23-14-24(29)26-25(15-23)32-28(33-27(26)37)31-16-20-5-10-34(11-6-20)17-22-4-2-3-9-30-22/h2-4,9,14-15,20-21H,5-8,10-13,16-18H2,1H3,(H2,31,32,33,37). The number of fused-ring (bicyclic) bond motifs is 1. The minimum Gasteiger partial charge on any atom is -0.493 e. The molecule has 1 aromatic carbocycles. The van der Waals surface area contributed by atoms with Crippen LogP contribution < -0.4 is 15.6 Å². The van der Waals surface area contributed by atoms with Gasteiger partial charge in [0.25, 0.3) is 5.56 Å². The van der Waals surface area contributed by atoms with E-state index in [1.807, 2.05) is 29.3 Å². The van der Waals surface area contributed by atoms with Crippen molar-refractivity contribution in [2.45, 2.75) is 39.2 Å². The molecule has 2 fully saturated rings. The molecule has 0 radical (unpaired) electrons. The predicted octanol–water partition coefficient (Wildman–Crippen LogP) is 3.42. The van der Waals surface area contributed by atoms with Crippen LogP contribution in [0.1, 0.15) is 38.3 Å². The van der Waals surface area contributed by atoms with Crippen molar-refractivity contribution in [3.8, 4) is 5.75 Å². The molecule has 2 aliphatic rings. The number of anilines is 1. The minimum atomic E-state index is -0.649. The maximum atomic E-state index is 14.8. The molecule has 5 rings (SSSR count). The lowest BCUT2D eigenvalue weighted by Crippen LogP contribution is -2.38. The molecule has 0 aliphatic carbocycles. The number of amides is 1. The van der Waals surface area contributed by atoms with E-state index in [0.717, 1.165) is 51.0 Å². The Morgan fingerprint density at radius 1 is 1.13 bits per heavy atom. The van der Waals surface area contributed by atoms with Gasteiger partial charge in [0.15, 0.2) is 0 Å². The van der Waals surface area contributed by atoms with E-state index in [4.69, 9.17) is 4.74 Å². The van der Waals surface area contributed by atoms with Crippen molar-refractivity contribution in [3.63, 3.8) is 0 Å². The highest BCUT2D eigenvalue weighted by molar-refractivity contribution is 5.80. The molecule has 0 bridgehead atoms. The number of likely N-dealkylation sites (tertiary alicyclic amines) is 2. The molecule has 2 saturated heterocycles. The summed E-state index contributed by atoms with van der Waals surface area (Å²) in [5, 5.41) is 3.19. The van der Waals surface area contributed by atoms with Crippen molar-refractivity contribution < 1.29 is 13.9 Å². The number of carbonyl (C=O) groups excluding carboxylic acids is 1. The minimum absolute atomic E-state index is 0.0690. The van der Waals surface area contributed by atoms with Gasteiger partial charge in [0.2, 0.25) is 11.9 Å². The number of H-pyrrole nitrogens is 1. The zero-order chi connectivity index (χ0) is 26.5. The number of carbonyl (C=O) groups is 1. The monoisotopic (exact) mass is 522 g/mol. The lowest BCUT2D eigenvalue weighted by atomic mass is 9.97. The number of rotatable bonds is 8. The number of piperidine rings is 2. The maximum absolute atomic E-state index is 14.8. The summed E-state index contributed by atoms with van der Waals surface area (Å²) < 4.78 is 20.7. The fourth-order valence-corrected chi connectivity index (χ4v) is 5.31. The third-order valence-electron chi connectivity index (χ3n) is 7.66.